The van der Waals surface area contributed by atoms with E-state index in [4.69, 9.17) is 5.50 Å². The SMILES string of the molecule is CCCC=NP(N)(=O)NS. The van der Waals surface area contributed by atoms with Crippen LogP contribution in [0.5, 0.6) is 0 Å². The molecule has 0 bridgehead atoms. The van der Waals surface area contributed by atoms with Crippen LogP contribution in [0.4, 0.5) is 0 Å². The number of nitrogens with zero attached hydrogens (tertiary/aromatic N) is 1. The molecular formula is C4H12N3OPS. The van der Waals surface area contributed by atoms with Gasteiger partial charge in [0, 0.05) is 6.21 Å². The van der Waals surface area contributed by atoms with Gasteiger partial charge >= 0.3 is 7.59 Å². The van der Waals surface area contributed by atoms with Crippen LogP contribution in [0.1, 0.15) is 19.8 Å². The minimum atomic E-state index is -3.02. The molecular weight excluding hydrogens is 169 g/mol. The van der Waals surface area contributed by atoms with Gasteiger partial charge in [0.15, 0.2) is 0 Å². The van der Waals surface area contributed by atoms with Crippen molar-refractivity contribution in [2.45, 2.75) is 19.8 Å². The first kappa shape index (κ1) is 10.2. The van der Waals surface area contributed by atoms with Gasteiger partial charge in [0.05, 0.1) is 0 Å². The van der Waals surface area contributed by atoms with Crippen LogP contribution in [0.3, 0.4) is 0 Å². The van der Waals surface area contributed by atoms with Crippen LogP contribution >= 0.6 is 20.4 Å². The number of nitrogens with one attached hydrogen (secondary N) is 1. The molecule has 0 rings (SSSR count). The van der Waals surface area contributed by atoms with Gasteiger partial charge in [-0.3, -0.25) is 4.57 Å². The molecule has 0 aliphatic carbocycles. The molecule has 6 heteroatoms. The Kier molecular flexibility index (Phi) is 4.99. The van der Waals surface area contributed by atoms with Crippen LogP contribution in [0.15, 0.2) is 4.76 Å². The Bertz CT molecular complexity index is 161. The quantitative estimate of drug-likeness (QED) is 0.348. The molecule has 0 amide bonds. The van der Waals surface area contributed by atoms with Gasteiger partial charge < -0.3 is 0 Å². The maximum absolute atomic E-state index is 10.8. The van der Waals surface area contributed by atoms with Gasteiger partial charge in [-0.1, -0.05) is 26.2 Å². The van der Waals surface area contributed by atoms with E-state index in [0.717, 1.165) is 12.8 Å². The summed E-state index contributed by atoms with van der Waals surface area (Å²) in [5.74, 6) is 0. The van der Waals surface area contributed by atoms with Gasteiger partial charge in [-0.2, -0.15) is 4.49 Å². The van der Waals surface area contributed by atoms with E-state index in [-0.39, 0.29) is 0 Å². The van der Waals surface area contributed by atoms with Gasteiger partial charge in [-0.25, -0.2) is 10.3 Å². The minimum absolute atomic E-state index is 0.788. The number of nitrogens with two attached hydrogens (primary N) is 1. The molecule has 1 atom stereocenters. The number of hydrogen-bond donors (Lipinski definition) is 3. The maximum atomic E-state index is 10.8. The predicted molar refractivity (Wildman–Crippen MR) is 47.3 cm³/mol. The molecule has 4 nitrogen and oxygen atoms in total. The van der Waals surface area contributed by atoms with Gasteiger partial charge in [0.1, 0.15) is 0 Å². The van der Waals surface area contributed by atoms with Crippen molar-refractivity contribution < 1.29 is 4.57 Å². The second-order valence-corrected chi connectivity index (χ2v) is 4.09. The average molecular weight is 181 g/mol. The highest BCUT2D eigenvalue weighted by molar-refractivity contribution is 7.86. The molecule has 0 radical (unpaired) electrons. The molecule has 0 aliphatic rings. The van der Waals surface area contributed by atoms with Crippen LogP contribution in [0, 0.1) is 0 Å². The molecule has 0 aliphatic heterocycles. The van der Waals surface area contributed by atoms with Gasteiger partial charge in [-0.15, -0.1) is 0 Å². The summed E-state index contributed by atoms with van der Waals surface area (Å²) in [7, 11) is -3.02. The summed E-state index contributed by atoms with van der Waals surface area (Å²) in [5.41, 5.74) is 5.13. The van der Waals surface area contributed by atoms with Crippen molar-refractivity contribution in [3.63, 3.8) is 0 Å². The highest BCUT2D eigenvalue weighted by Crippen LogP contribution is 2.32. The molecule has 0 aromatic rings. The first-order chi connectivity index (χ1) is 4.62. The number of thiol groups is 1. The Hall–Kier alpha value is 0.170. The van der Waals surface area contributed by atoms with Crippen molar-refractivity contribution in [3.05, 3.63) is 0 Å². The van der Waals surface area contributed by atoms with E-state index < -0.39 is 7.59 Å². The molecule has 0 aromatic carbocycles. The van der Waals surface area contributed by atoms with E-state index in [2.05, 4.69) is 22.1 Å². The molecule has 0 aromatic heterocycles. The fraction of sp³-hybridized carbons (Fsp3) is 0.750. The molecule has 0 fully saturated rings. The lowest BCUT2D eigenvalue weighted by molar-refractivity contribution is 0.576. The van der Waals surface area contributed by atoms with Gasteiger partial charge in [-0.05, 0) is 6.42 Å². The summed E-state index contributed by atoms with van der Waals surface area (Å²) in [5, 5.41) is 0. The fourth-order valence-electron chi connectivity index (χ4n) is 0.334. The molecule has 0 saturated heterocycles. The first-order valence-corrected chi connectivity index (χ1v) is 5.14. The van der Waals surface area contributed by atoms with Gasteiger partial charge in [0.25, 0.3) is 0 Å². The molecule has 0 heterocycles. The Morgan fingerprint density at radius 1 is 1.90 bits per heavy atom. The Labute approximate surface area is 66.4 Å². The van der Waals surface area contributed by atoms with Crippen molar-refractivity contribution in [3.8, 4) is 0 Å². The lowest BCUT2D eigenvalue weighted by atomic mass is 10.4. The zero-order valence-corrected chi connectivity index (χ0v) is 7.61. The second kappa shape index (κ2) is 4.91. The van der Waals surface area contributed by atoms with E-state index in [1.54, 1.807) is 6.21 Å². The lowest BCUT2D eigenvalue weighted by Crippen LogP contribution is -2.02. The fourth-order valence-corrected chi connectivity index (χ4v) is 0.899. The van der Waals surface area contributed by atoms with E-state index in [0.29, 0.717) is 0 Å². The summed E-state index contributed by atoms with van der Waals surface area (Å²) in [6, 6.07) is 0. The first-order valence-electron chi connectivity index (χ1n) is 2.96. The largest absolute Gasteiger partial charge is 0.330 e. The van der Waals surface area contributed by atoms with E-state index in [9.17, 15) is 4.57 Å². The second-order valence-electron chi connectivity index (χ2n) is 1.81. The molecule has 10 heavy (non-hydrogen) atoms. The molecule has 3 N–H and O–H groups in total. The van der Waals surface area contributed by atoms with E-state index in [1.165, 1.54) is 0 Å². The van der Waals surface area contributed by atoms with Crippen LogP contribution < -0.4 is 10.00 Å². The normalized spacial score (nSPS) is 17.5. The van der Waals surface area contributed by atoms with Crippen molar-refractivity contribution in [1.29, 1.82) is 0 Å². The van der Waals surface area contributed by atoms with Crippen LogP contribution in [-0.2, 0) is 4.57 Å². The zero-order chi connectivity index (χ0) is 8.04. The number of rotatable bonds is 4. The predicted octanol–water partition coefficient (Wildman–Crippen LogP) is 1.36. The van der Waals surface area contributed by atoms with E-state index in [1.807, 2.05) is 6.92 Å². The average Bonchev–Trinajstić information content (AvgIpc) is 1.89. The smallest absolute Gasteiger partial charge is 0.262 e. The monoisotopic (exact) mass is 181 g/mol. The summed E-state index contributed by atoms with van der Waals surface area (Å²) >= 11 is 3.55. The molecule has 60 valence electrons. The summed E-state index contributed by atoms with van der Waals surface area (Å²) < 4.78 is 16.6. The van der Waals surface area contributed by atoms with Crippen molar-refractivity contribution in [2.24, 2.45) is 10.3 Å². The standard InChI is InChI=1S/C4H12N3OPS/c1-2-3-4-6-9(5,8)7-10/h4,10H,2-3H2,1H3,(H3,5,7,8). The van der Waals surface area contributed by atoms with Crippen LogP contribution in [0.25, 0.3) is 0 Å². The third kappa shape index (κ3) is 4.99. The highest BCUT2D eigenvalue weighted by atomic mass is 32.1. The van der Waals surface area contributed by atoms with Crippen molar-refractivity contribution in [2.75, 3.05) is 0 Å². The number of unbranched alkanes of at least 4 members (excludes halogenated alkanes) is 1. The summed E-state index contributed by atoms with van der Waals surface area (Å²) in [6.45, 7) is 2.00. The van der Waals surface area contributed by atoms with E-state index >= 15 is 0 Å². The highest BCUT2D eigenvalue weighted by Gasteiger charge is 2.07. The number of hydrogen-bond acceptors (Lipinski definition) is 2. The summed E-state index contributed by atoms with van der Waals surface area (Å²) in [4.78, 5) is 0. The third-order valence-electron chi connectivity index (χ3n) is 0.814. The van der Waals surface area contributed by atoms with Crippen molar-refractivity contribution in [1.82, 2.24) is 4.49 Å². The Morgan fingerprint density at radius 2 is 2.50 bits per heavy atom. The Morgan fingerprint density at radius 3 is 2.90 bits per heavy atom. The molecule has 0 saturated carbocycles. The van der Waals surface area contributed by atoms with Crippen LogP contribution in [-0.4, -0.2) is 6.21 Å². The lowest BCUT2D eigenvalue weighted by Gasteiger charge is -2.01. The van der Waals surface area contributed by atoms with Crippen molar-refractivity contribution >= 4 is 26.6 Å². The maximum Gasteiger partial charge on any atom is 0.330 e. The van der Waals surface area contributed by atoms with Crippen LogP contribution in [0.2, 0.25) is 0 Å². The summed E-state index contributed by atoms with van der Waals surface area (Å²) in [6.07, 6.45) is 3.30. The Balaban J connectivity index is 3.75. The molecule has 0 spiro atoms. The third-order valence-corrected chi connectivity index (χ3v) is 2.47. The van der Waals surface area contributed by atoms with Gasteiger partial charge in [0.2, 0.25) is 0 Å². The topological polar surface area (TPSA) is 67.5 Å². The molecule has 1 unspecified atom stereocenters. The zero-order valence-electron chi connectivity index (χ0n) is 5.82. The minimum Gasteiger partial charge on any atom is -0.262 e.